The molecule has 15 heteroatoms. The number of hydrazine groups is 2. The number of carboxylic acids is 1. The van der Waals surface area contributed by atoms with E-state index in [0.717, 1.165) is 15.0 Å². The summed E-state index contributed by atoms with van der Waals surface area (Å²) in [6, 6.07) is 0.741. The van der Waals surface area contributed by atoms with Gasteiger partial charge in [-0.05, 0) is 31.0 Å². The molecule has 2 fully saturated rings. The maximum atomic E-state index is 13.4. The highest BCUT2D eigenvalue weighted by atomic mass is 35.5. The highest BCUT2D eigenvalue weighted by Crippen LogP contribution is 2.25. The molecule has 2 saturated heterocycles. The first-order valence-corrected chi connectivity index (χ1v) is 12.2. The van der Waals surface area contributed by atoms with Crippen LogP contribution in [-0.2, 0) is 24.0 Å². The van der Waals surface area contributed by atoms with E-state index in [9.17, 15) is 33.6 Å². The lowest BCUT2D eigenvalue weighted by atomic mass is 10.1. The molecule has 0 aliphatic carbocycles. The number of aldehydes is 1. The SMILES string of the molecule is CCC(=O)Nc1ccc(C(=O)NN2CCC(=O)N3CCC[C@@H](C(=O)N[C@H](C=O)CC(=O)O)N3C2=O)cc1Cl. The van der Waals surface area contributed by atoms with Crippen LogP contribution >= 0.6 is 11.6 Å². The van der Waals surface area contributed by atoms with Gasteiger partial charge in [0, 0.05) is 24.9 Å². The van der Waals surface area contributed by atoms with E-state index in [4.69, 9.17) is 16.7 Å². The van der Waals surface area contributed by atoms with Gasteiger partial charge in [0.1, 0.15) is 12.3 Å². The molecule has 1 aromatic rings. The molecular formula is C23H27ClN6O8. The average molecular weight is 551 g/mol. The Labute approximate surface area is 222 Å². The number of carboxylic acid groups (broad SMARTS) is 1. The minimum atomic E-state index is -1.32. The Kier molecular flexibility index (Phi) is 9.23. The predicted octanol–water partition coefficient (Wildman–Crippen LogP) is 0.525. The molecule has 2 aliphatic rings. The number of fused-ring (bicyclic) bond motifs is 1. The van der Waals surface area contributed by atoms with Crippen molar-refractivity contribution in [2.75, 3.05) is 18.4 Å². The number of benzene rings is 1. The second-order valence-corrected chi connectivity index (χ2v) is 9.00. The van der Waals surface area contributed by atoms with Gasteiger partial charge in [-0.3, -0.25) is 29.4 Å². The first-order chi connectivity index (χ1) is 18.0. The summed E-state index contributed by atoms with van der Waals surface area (Å²) < 4.78 is 0. The monoisotopic (exact) mass is 550 g/mol. The van der Waals surface area contributed by atoms with Crippen molar-refractivity contribution < 1.29 is 38.7 Å². The molecule has 14 nitrogen and oxygen atoms in total. The van der Waals surface area contributed by atoms with Crippen LogP contribution in [-0.4, -0.2) is 87.2 Å². The van der Waals surface area contributed by atoms with Crippen LogP contribution in [0.15, 0.2) is 18.2 Å². The zero-order valence-corrected chi connectivity index (χ0v) is 21.2. The number of hydrogen-bond acceptors (Lipinski definition) is 7. The summed E-state index contributed by atoms with van der Waals surface area (Å²) in [6.45, 7) is 1.64. The molecule has 38 heavy (non-hydrogen) atoms. The lowest BCUT2D eigenvalue weighted by Gasteiger charge is -2.42. The number of amides is 6. The summed E-state index contributed by atoms with van der Waals surface area (Å²) in [5.41, 5.74) is 2.80. The Morgan fingerprint density at radius 1 is 1.21 bits per heavy atom. The van der Waals surface area contributed by atoms with Crippen LogP contribution in [0.4, 0.5) is 10.5 Å². The number of hydrogen-bond donors (Lipinski definition) is 4. The third-order valence-electron chi connectivity index (χ3n) is 5.92. The van der Waals surface area contributed by atoms with Crippen LogP contribution in [0.5, 0.6) is 0 Å². The van der Waals surface area contributed by atoms with Gasteiger partial charge in [0.25, 0.3) is 5.91 Å². The molecular weight excluding hydrogens is 524 g/mol. The van der Waals surface area contributed by atoms with Crippen LogP contribution < -0.4 is 16.1 Å². The summed E-state index contributed by atoms with van der Waals surface area (Å²) >= 11 is 6.18. The van der Waals surface area contributed by atoms with Gasteiger partial charge in [-0.1, -0.05) is 18.5 Å². The molecule has 0 spiro atoms. The zero-order chi connectivity index (χ0) is 28.0. The number of nitrogens with one attached hydrogen (secondary N) is 3. The van der Waals surface area contributed by atoms with Gasteiger partial charge in [0.05, 0.1) is 29.7 Å². The predicted molar refractivity (Wildman–Crippen MR) is 131 cm³/mol. The van der Waals surface area contributed by atoms with E-state index in [-0.39, 0.29) is 55.1 Å². The quantitative estimate of drug-likeness (QED) is 0.320. The van der Waals surface area contributed by atoms with Crippen molar-refractivity contribution in [1.82, 2.24) is 25.8 Å². The lowest BCUT2D eigenvalue weighted by Crippen LogP contribution is -2.64. The first-order valence-electron chi connectivity index (χ1n) is 11.8. The van der Waals surface area contributed by atoms with Crippen LogP contribution in [0.25, 0.3) is 0 Å². The number of rotatable bonds is 9. The van der Waals surface area contributed by atoms with Crippen molar-refractivity contribution in [3.8, 4) is 0 Å². The van der Waals surface area contributed by atoms with Crippen molar-refractivity contribution in [2.45, 2.75) is 51.1 Å². The zero-order valence-electron chi connectivity index (χ0n) is 20.4. The molecule has 0 saturated carbocycles. The smallest absolute Gasteiger partial charge is 0.358 e. The maximum absolute atomic E-state index is 13.4. The standard InChI is InChI=1S/C23H27ClN6O8/c1-2-18(32)26-16-6-5-13(10-15(16)24)21(36)27-28-9-7-19(33)29-8-3-4-17(30(29)23(28)38)22(37)25-14(12-31)11-20(34)35/h5-6,10,12,14,17H,2-4,7-9,11H2,1H3,(H,25,37)(H,26,32)(H,27,36)(H,34,35)/t14-,17-/m0/s1. The van der Waals surface area contributed by atoms with E-state index < -0.39 is 48.2 Å². The lowest BCUT2D eigenvalue weighted by molar-refractivity contribution is -0.155. The van der Waals surface area contributed by atoms with E-state index in [0.29, 0.717) is 12.1 Å². The number of urea groups is 1. The normalized spacial score (nSPS) is 18.2. The summed E-state index contributed by atoms with van der Waals surface area (Å²) in [6.07, 6.45) is 0.237. The number of carbonyl (C=O) groups excluding carboxylic acids is 6. The Morgan fingerprint density at radius 3 is 2.58 bits per heavy atom. The Balaban J connectivity index is 1.79. The van der Waals surface area contributed by atoms with Crippen LogP contribution in [0.1, 0.15) is 49.4 Å². The fraction of sp³-hybridized carbons (Fsp3) is 0.435. The van der Waals surface area contributed by atoms with E-state index in [2.05, 4.69) is 16.1 Å². The van der Waals surface area contributed by atoms with Gasteiger partial charge in [-0.15, -0.1) is 0 Å². The number of carbonyl (C=O) groups is 7. The molecule has 0 aromatic heterocycles. The highest BCUT2D eigenvalue weighted by Gasteiger charge is 2.44. The highest BCUT2D eigenvalue weighted by molar-refractivity contribution is 6.34. The van der Waals surface area contributed by atoms with E-state index in [1.165, 1.54) is 18.2 Å². The molecule has 6 amide bonds. The van der Waals surface area contributed by atoms with Gasteiger partial charge < -0.3 is 20.5 Å². The molecule has 0 bridgehead atoms. The van der Waals surface area contributed by atoms with E-state index >= 15 is 0 Å². The molecule has 1 aromatic carbocycles. The molecule has 204 valence electrons. The van der Waals surface area contributed by atoms with Crippen molar-refractivity contribution in [2.24, 2.45) is 0 Å². The third kappa shape index (κ3) is 6.56. The van der Waals surface area contributed by atoms with Gasteiger partial charge in [-0.2, -0.15) is 0 Å². The van der Waals surface area contributed by atoms with E-state index in [1.54, 1.807) is 6.92 Å². The molecule has 2 heterocycles. The molecule has 3 rings (SSSR count). The summed E-state index contributed by atoms with van der Waals surface area (Å²) in [4.78, 5) is 85.9. The fourth-order valence-corrected chi connectivity index (χ4v) is 4.23. The Bertz CT molecular complexity index is 1160. The maximum Gasteiger partial charge on any atom is 0.358 e. The second-order valence-electron chi connectivity index (χ2n) is 8.59. The summed E-state index contributed by atoms with van der Waals surface area (Å²) in [5.74, 6) is -3.56. The molecule has 4 N–H and O–H groups in total. The Morgan fingerprint density at radius 2 is 1.95 bits per heavy atom. The van der Waals surface area contributed by atoms with Crippen LogP contribution in [0, 0.1) is 0 Å². The van der Waals surface area contributed by atoms with Gasteiger partial charge in [-0.25, -0.2) is 19.8 Å². The van der Waals surface area contributed by atoms with Gasteiger partial charge >= 0.3 is 12.0 Å². The summed E-state index contributed by atoms with van der Waals surface area (Å²) in [7, 11) is 0. The number of nitrogens with zero attached hydrogens (tertiary/aromatic N) is 3. The topological polar surface area (TPSA) is 186 Å². The van der Waals surface area contributed by atoms with Crippen LogP contribution in [0.2, 0.25) is 5.02 Å². The first kappa shape index (κ1) is 28.4. The van der Waals surface area contributed by atoms with E-state index in [1.807, 2.05) is 0 Å². The van der Waals surface area contributed by atoms with Crippen molar-refractivity contribution in [3.63, 3.8) is 0 Å². The second kappa shape index (κ2) is 12.4. The minimum Gasteiger partial charge on any atom is -0.481 e. The number of anilines is 1. The molecule has 2 atom stereocenters. The Hall–Kier alpha value is -4.20. The number of halogens is 1. The van der Waals surface area contributed by atoms with Crippen molar-refractivity contribution in [1.29, 1.82) is 0 Å². The summed E-state index contributed by atoms with van der Waals surface area (Å²) in [5, 5.41) is 16.9. The molecule has 0 radical (unpaired) electrons. The fourth-order valence-electron chi connectivity index (χ4n) is 4.00. The van der Waals surface area contributed by atoms with Gasteiger partial charge in [0.15, 0.2) is 0 Å². The van der Waals surface area contributed by atoms with Crippen molar-refractivity contribution >= 4 is 59.2 Å². The molecule has 0 unspecified atom stereocenters. The van der Waals surface area contributed by atoms with Crippen LogP contribution in [0.3, 0.4) is 0 Å². The number of aliphatic carboxylic acids is 1. The largest absolute Gasteiger partial charge is 0.481 e. The minimum absolute atomic E-state index is 0.0696. The molecule has 2 aliphatic heterocycles. The average Bonchev–Trinajstić information content (AvgIpc) is 3.00. The third-order valence-corrected chi connectivity index (χ3v) is 6.23. The van der Waals surface area contributed by atoms with Crippen molar-refractivity contribution in [3.05, 3.63) is 28.8 Å². The van der Waals surface area contributed by atoms with Gasteiger partial charge in [0.2, 0.25) is 17.7 Å².